The van der Waals surface area contributed by atoms with Gasteiger partial charge < -0.3 is 10.2 Å². The van der Waals surface area contributed by atoms with E-state index < -0.39 is 0 Å². The van der Waals surface area contributed by atoms with E-state index in [2.05, 4.69) is 10.3 Å². The second-order valence-corrected chi connectivity index (χ2v) is 5.53. The molecule has 4 nitrogen and oxygen atoms in total. The number of hydrogen-bond acceptors (Lipinski definition) is 3. The molecule has 5 heteroatoms. The number of amides is 1. The molecular formula is C15H16ClN3O. The van der Waals surface area contributed by atoms with Gasteiger partial charge >= 0.3 is 0 Å². The summed E-state index contributed by atoms with van der Waals surface area (Å²) >= 11 is 5.97. The van der Waals surface area contributed by atoms with E-state index >= 15 is 0 Å². The molecule has 0 spiro atoms. The number of halogens is 1. The molecule has 1 N–H and O–H groups in total. The second-order valence-electron chi connectivity index (χ2n) is 5.10. The fraction of sp³-hybridized carbons (Fsp3) is 0.333. The number of rotatable bonds is 2. The SMILES string of the molecule is CN(C(=O)c1ccc2ccc(Cl)cc2n1)C1CCNC1. The highest BCUT2D eigenvalue weighted by atomic mass is 35.5. The van der Waals surface area contributed by atoms with Crippen molar-refractivity contribution in [3.05, 3.63) is 41.0 Å². The summed E-state index contributed by atoms with van der Waals surface area (Å²) in [5.74, 6) is -0.0411. The van der Waals surface area contributed by atoms with Crippen LogP contribution in [-0.2, 0) is 0 Å². The highest BCUT2D eigenvalue weighted by Gasteiger charge is 2.24. The van der Waals surface area contributed by atoms with Crippen LogP contribution in [0, 0.1) is 0 Å². The van der Waals surface area contributed by atoms with Crippen LogP contribution in [0.3, 0.4) is 0 Å². The minimum atomic E-state index is -0.0411. The Morgan fingerprint density at radius 1 is 1.40 bits per heavy atom. The van der Waals surface area contributed by atoms with E-state index in [0.29, 0.717) is 10.7 Å². The lowest BCUT2D eigenvalue weighted by molar-refractivity contribution is 0.0738. The summed E-state index contributed by atoms with van der Waals surface area (Å²) in [7, 11) is 1.84. The lowest BCUT2D eigenvalue weighted by Gasteiger charge is -2.23. The third-order valence-corrected chi connectivity index (χ3v) is 4.01. The fourth-order valence-electron chi connectivity index (χ4n) is 2.53. The molecule has 1 amide bonds. The Labute approximate surface area is 122 Å². The normalized spacial score (nSPS) is 18.4. The standard InChI is InChI=1S/C15H16ClN3O/c1-19(12-6-7-17-9-12)15(20)13-5-3-10-2-4-11(16)8-14(10)18-13/h2-5,8,12,17H,6-7,9H2,1H3. The molecule has 2 aromatic rings. The Morgan fingerprint density at radius 2 is 2.20 bits per heavy atom. The lowest BCUT2D eigenvalue weighted by Crippen LogP contribution is -2.38. The molecule has 1 aliphatic rings. The van der Waals surface area contributed by atoms with Crippen LogP contribution in [0.4, 0.5) is 0 Å². The van der Waals surface area contributed by atoms with Crippen molar-refractivity contribution < 1.29 is 4.79 Å². The molecule has 1 aromatic heterocycles. The zero-order valence-corrected chi connectivity index (χ0v) is 12.0. The lowest BCUT2D eigenvalue weighted by atomic mass is 10.1. The van der Waals surface area contributed by atoms with E-state index in [1.807, 2.05) is 25.2 Å². The molecule has 1 atom stereocenters. The summed E-state index contributed by atoms with van der Waals surface area (Å²) in [5, 5.41) is 4.88. The van der Waals surface area contributed by atoms with Crippen LogP contribution in [0.1, 0.15) is 16.9 Å². The Kier molecular flexibility index (Phi) is 3.59. The molecule has 1 saturated heterocycles. The van der Waals surface area contributed by atoms with E-state index in [1.165, 1.54) is 0 Å². The number of benzene rings is 1. The Bertz CT molecular complexity index is 653. The fourth-order valence-corrected chi connectivity index (χ4v) is 2.69. The number of pyridine rings is 1. The maximum Gasteiger partial charge on any atom is 0.272 e. The van der Waals surface area contributed by atoms with Gasteiger partial charge in [0, 0.05) is 30.0 Å². The monoisotopic (exact) mass is 289 g/mol. The molecule has 3 rings (SSSR count). The van der Waals surface area contributed by atoms with Crippen LogP contribution in [0.2, 0.25) is 5.02 Å². The van der Waals surface area contributed by atoms with Crippen molar-refractivity contribution in [2.45, 2.75) is 12.5 Å². The Morgan fingerprint density at radius 3 is 2.95 bits per heavy atom. The molecule has 0 aliphatic carbocycles. The summed E-state index contributed by atoms with van der Waals surface area (Å²) in [6, 6.07) is 9.45. The second kappa shape index (κ2) is 5.38. The van der Waals surface area contributed by atoms with Crippen molar-refractivity contribution in [3.8, 4) is 0 Å². The smallest absolute Gasteiger partial charge is 0.272 e. The summed E-state index contributed by atoms with van der Waals surface area (Å²) in [6.45, 7) is 1.81. The first-order valence-electron chi connectivity index (χ1n) is 6.69. The van der Waals surface area contributed by atoms with Gasteiger partial charge in [-0.05, 0) is 31.2 Å². The minimum Gasteiger partial charge on any atom is -0.336 e. The van der Waals surface area contributed by atoms with Gasteiger partial charge in [0.2, 0.25) is 0 Å². The number of nitrogens with one attached hydrogen (secondary N) is 1. The van der Waals surface area contributed by atoms with Crippen LogP contribution in [-0.4, -0.2) is 42.0 Å². The predicted octanol–water partition coefficient (Wildman–Crippen LogP) is 2.32. The number of likely N-dealkylation sites (N-methyl/N-ethyl adjacent to an activating group) is 1. The van der Waals surface area contributed by atoms with Crippen LogP contribution < -0.4 is 5.32 Å². The van der Waals surface area contributed by atoms with E-state index in [4.69, 9.17) is 11.6 Å². The van der Waals surface area contributed by atoms with Crippen molar-refractivity contribution >= 4 is 28.4 Å². The molecule has 20 heavy (non-hydrogen) atoms. The average molecular weight is 290 g/mol. The largest absolute Gasteiger partial charge is 0.336 e. The van der Waals surface area contributed by atoms with Crippen molar-refractivity contribution in [1.29, 1.82) is 0 Å². The Balaban J connectivity index is 1.90. The maximum absolute atomic E-state index is 12.5. The van der Waals surface area contributed by atoms with Gasteiger partial charge in [-0.1, -0.05) is 23.7 Å². The molecule has 0 bridgehead atoms. The molecule has 1 fully saturated rings. The van der Waals surface area contributed by atoms with Crippen LogP contribution in [0.15, 0.2) is 30.3 Å². The van der Waals surface area contributed by atoms with Crippen molar-refractivity contribution in [1.82, 2.24) is 15.2 Å². The highest BCUT2D eigenvalue weighted by molar-refractivity contribution is 6.31. The molecule has 1 unspecified atom stereocenters. The number of carbonyl (C=O) groups is 1. The van der Waals surface area contributed by atoms with Gasteiger partial charge in [0.1, 0.15) is 5.69 Å². The number of aromatic nitrogens is 1. The molecule has 104 valence electrons. The van der Waals surface area contributed by atoms with Crippen molar-refractivity contribution in [2.75, 3.05) is 20.1 Å². The summed E-state index contributed by atoms with van der Waals surface area (Å²) in [6.07, 6.45) is 0.988. The van der Waals surface area contributed by atoms with Crippen LogP contribution in [0.25, 0.3) is 10.9 Å². The summed E-state index contributed by atoms with van der Waals surface area (Å²) < 4.78 is 0. The highest BCUT2D eigenvalue weighted by Crippen LogP contribution is 2.19. The zero-order chi connectivity index (χ0) is 14.1. The van der Waals surface area contributed by atoms with Crippen LogP contribution in [0.5, 0.6) is 0 Å². The van der Waals surface area contributed by atoms with Gasteiger partial charge in [-0.3, -0.25) is 4.79 Å². The van der Waals surface area contributed by atoms with E-state index in [0.717, 1.165) is 30.4 Å². The van der Waals surface area contributed by atoms with Gasteiger partial charge in [-0.2, -0.15) is 0 Å². The molecule has 1 aromatic carbocycles. The summed E-state index contributed by atoms with van der Waals surface area (Å²) in [4.78, 5) is 18.7. The van der Waals surface area contributed by atoms with Crippen LogP contribution >= 0.6 is 11.6 Å². The molecule has 1 aliphatic heterocycles. The van der Waals surface area contributed by atoms with Gasteiger partial charge in [0.05, 0.1) is 5.52 Å². The van der Waals surface area contributed by atoms with Crippen molar-refractivity contribution in [3.63, 3.8) is 0 Å². The number of carbonyl (C=O) groups excluding carboxylic acids is 1. The van der Waals surface area contributed by atoms with Crippen molar-refractivity contribution in [2.24, 2.45) is 0 Å². The van der Waals surface area contributed by atoms with Gasteiger partial charge in [0.15, 0.2) is 0 Å². The topological polar surface area (TPSA) is 45.2 Å². The van der Waals surface area contributed by atoms with E-state index in [9.17, 15) is 4.79 Å². The minimum absolute atomic E-state index is 0.0411. The van der Waals surface area contributed by atoms with Gasteiger partial charge in [-0.15, -0.1) is 0 Å². The predicted molar refractivity (Wildman–Crippen MR) is 80.1 cm³/mol. The van der Waals surface area contributed by atoms with E-state index in [1.54, 1.807) is 17.0 Å². The molecule has 0 saturated carbocycles. The van der Waals surface area contributed by atoms with Gasteiger partial charge in [0.25, 0.3) is 5.91 Å². The number of nitrogens with zero attached hydrogens (tertiary/aromatic N) is 2. The number of fused-ring (bicyclic) bond motifs is 1. The molecule has 2 heterocycles. The van der Waals surface area contributed by atoms with E-state index in [-0.39, 0.29) is 11.9 Å². The Hall–Kier alpha value is -1.65. The third-order valence-electron chi connectivity index (χ3n) is 3.78. The number of hydrogen-bond donors (Lipinski definition) is 1. The quantitative estimate of drug-likeness (QED) is 0.923. The first-order valence-corrected chi connectivity index (χ1v) is 7.07. The van der Waals surface area contributed by atoms with Gasteiger partial charge in [-0.25, -0.2) is 4.98 Å². The average Bonchev–Trinajstić information content (AvgIpc) is 2.99. The maximum atomic E-state index is 12.5. The first kappa shape index (κ1) is 13.3. The zero-order valence-electron chi connectivity index (χ0n) is 11.3. The molecule has 0 radical (unpaired) electrons. The first-order chi connectivity index (χ1) is 9.65. The molecular weight excluding hydrogens is 274 g/mol. The summed E-state index contributed by atoms with van der Waals surface area (Å²) in [5.41, 5.74) is 1.22. The third kappa shape index (κ3) is 2.49.